The van der Waals surface area contributed by atoms with E-state index in [0.717, 1.165) is 30.5 Å². The second-order valence-corrected chi connectivity index (χ2v) is 6.47. The molecule has 132 valence electrons. The first-order valence-electron chi connectivity index (χ1n) is 8.74. The van der Waals surface area contributed by atoms with Gasteiger partial charge in [-0.05, 0) is 23.8 Å². The number of para-hydroxylation sites is 1. The van der Waals surface area contributed by atoms with Crippen LogP contribution in [0.15, 0.2) is 59.7 Å². The summed E-state index contributed by atoms with van der Waals surface area (Å²) in [6.45, 7) is 3.60. The molecule has 1 aliphatic heterocycles. The molecule has 0 radical (unpaired) electrons. The summed E-state index contributed by atoms with van der Waals surface area (Å²) in [5, 5.41) is 1.14. The molecule has 2 aromatic heterocycles. The van der Waals surface area contributed by atoms with E-state index >= 15 is 0 Å². The van der Waals surface area contributed by atoms with Crippen molar-refractivity contribution in [2.75, 3.05) is 26.2 Å². The zero-order chi connectivity index (χ0) is 17.9. The van der Waals surface area contributed by atoms with Gasteiger partial charge in [-0.25, -0.2) is 0 Å². The minimum absolute atomic E-state index is 0.196. The first-order valence-corrected chi connectivity index (χ1v) is 8.74. The monoisotopic (exact) mass is 348 g/mol. The Bertz CT molecular complexity index is 985. The molecule has 1 aliphatic rings. The number of aromatic nitrogens is 2. The molecule has 3 aromatic rings. The van der Waals surface area contributed by atoms with E-state index < -0.39 is 0 Å². The van der Waals surface area contributed by atoms with E-state index in [1.807, 2.05) is 12.3 Å². The lowest BCUT2D eigenvalue weighted by atomic mass is 10.1. The molecule has 6 nitrogen and oxygen atoms in total. The molecular formula is C20H20N4O2. The molecule has 0 aliphatic carbocycles. The number of carbonyl (C=O) groups is 1. The Morgan fingerprint density at radius 3 is 2.65 bits per heavy atom. The molecule has 0 atom stereocenters. The lowest BCUT2D eigenvalue weighted by molar-refractivity contribution is 0.0627. The zero-order valence-corrected chi connectivity index (χ0v) is 14.4. The van der Waals surface area contributed by atoms with Crippen LogP contribution in [0.4, 0.5) is 0 Å². The maximum Gasteiger partial charge on any atom is 0.260 e. The van der Waals surface area contributed by atoms with Gasteiger partial charge in [-0.3, -0.25) is 19.5 Å². The zero-order valence-electron chi connectivity index (χ0n) is 14.4. The van der Waals surface area contributed by atoms with E-state index in [-0.39, 0.29) is 17.0 Å². The van der Waals surface area contributed by atoms with Crippen molar-refractivity contribution < 1.29 is 4.79 Å². The molecule has 1 aromatic carbocycles. The molecule has 6 heteroatoms. The molecule has 1 fully saturated rings. The fraction of sp³-hybridized carbons (Fsp3) is 0.250. The van der Waals surface area contributed by atoms with Crippen LogP contribution >= 0.6 is 0 Å². The topological polar surface area (TPSA) is 69.3 Å². The summed E-state index contributed by atoms with van der Waals surface area (Å²) in [7, 11) is 0. The predicted molar refractivity (Wildman–Crippen MR) is 100.0 cm³/mol. The van der Waals surface area contributed by atoms with Crippen molar-refractivity contribution in [2.45, 2.75) is 6.54 Å². The summed E-state index contributed by atoms with van der Waals surface area (Å²) >= 11 is 0. The summed E-state index contributed by atoms with van der Waals surface area (Å²) in [4.78, 5) is 35.5. The fourth-order valence-electron chi connectivity index (χ4n) is 3.41. The number of rotatable bonds is 3. The third-order valence-electron chi connectivity index (χ3n) is 4.82. The van der Waals surface area contributed by atoms with Gasteiger partial charge in [-0.15, -0.1) is 0 Å². The van der Waals surface area contributed by atoms with Gasteiger partial charge in [0.25, 0.3) is 11.5 Å². The van der Waals surface area contributed by atoms with Gasteiger partial charge in [0, 0.05) is 50.5 Å². The number of nitrogens with one attached hydrogen (secondary N) is 1. The maximum absolute atomic E-state index is 12.5. The second kappa shape index (κ2) is 7.09. The Kier molecular flexibility index (Phi) is 4.50. The molecule has 4 rings (SSSR count). The van der Waals surface area contributed by atoms with Crippen LogP contribution in [0.5, 0.6) is 0 Å². The summed E-state index contributed by atoms with van der Waals surface area (Å²) in [5.41, 5.74) is 2.10. The average molecular weight is 348 g/mol. The number of hydrogen-bond acceptors (Lipinski definition) is 4. The van der Waals surface area contributed by atoms with Gasteiger partial charge in [0.05, 0.1) is 5.52 Å². The standard InChI is InChI=1S/C20H20N4O2/c25-19-17(7-3-9-22-19)20(26)24-12-10-23(11-13-24)14-16-5-1-4-15-6-2-8-21-18(15)16/h1-9H,10-14H2,(H,22,25). The highest BCUT2D eigenvalue weighted by atomic mass is 16.2. The molecule has 0 saturated carbocycles. The lowest BCUT2D eigenvalue weighted by Gasteiger charge is -2.34. The minimum atomic E-state index is -0.332. The summed E-state index contributed by atoms with van der Waals surface area (Å²) in [5.74, 6) is -0.196. The number of piperazine rings is 1. The number of nitrogens with zero attached hydrogens (tertiary/aromatic N) is 3. The second-order valence-electron chi connectivity index (χ2n) is 6.47. The number of H-pyrrole nitrogens is 1. The normalized spacial score (nSPS) is 15.3. The van der Waals surface area contributed by atoms with Gasteiger partial charge < -0.3 is 9.88 Å². The van der Waals surface area contributed by atoms with Crippen LogP contribution < -0.4 is 5.56 Å². The first-order chi connectivity index (χ1) is 12.7. The van der Waals surface area contributed by atoms with Gasteiger partial charge in [0.15, 0.2) is 0 Å². The van der Waals surface area contributed by atoms with Crippen molar-refractivity contribution >= 4 is 16.8 Å². The van der Waals surface area contributed by atoms with Gasteiger partial charge >= 0.3 is 0 Å². The van der Waals surface area contributed by atoms with E-state index in [1.54, 1.807) is 17.0 Å². The number of aromatic amines is 1. The summed E-state index contributed by atoms with van der Waals surface area (Å²) in [6.07, 6.45) is 3.36. The minimum Gasteiger partial charge on any atom is -0.336 e. The Labute approximate surface area is 151 Å². The van der Waals surface area contributed by atoms with Crippen molar-refractivity contribution in [1.82, 2.24) is 19.8 Å². The number of carbonyl (C=O) groups excluding carboxylic acids is 1. The fourth-order valence-corrected chi connectivity index (χ4v) is 3.41. The molecule has 0 unspecified atom stereocenters. The largest absolute Gasteiger partial charge is 0.336 e. The van der Waals surface area contributed by atoms with Crippen molar-refractivity contribution in [2.24, 2.45) is 0 Å². The predicted octanol–water partition coefficient (Wildman–Crippen LogP) is 1.88. The highest BCUT2D eigenvalue weighted by molar-refractivity contribution is 5.93. The molecule has 0 bridgehead atoms. The molecule has 3 heterocycles. The van der Waals surface area contributed by atoms with E-state index in [2.05, 4.69) is 39.1 Å². The van der Waals surface area contributed by atoms with Crippen LogP contribution in [0.2, 0.25) is 0 Å². The number of hydrogen-bond donors (Lipinski definition) is 1. The van der Waals surface area contributed by atoms with Crippen molar-refractivity contribution in [1.29, 1.82) is 0 Å². The SMILES string of the molecule is O=C(c1ccc[nH]c1=O)N1CCN(Cc2cccc3cccnc23)CC1. The van der Waals surface area contributed by atoms with E-state index in [0.29, 0.717) is 13.1 Å². The quantitative estimate of drug-likeness (QED) is 0.785. The number of benzene rings is 1. The van der Waals surface area contributed by atoms with Gasteiger partial charge in [-0.1, -0.05) is 24.3 Å². The van der Waals surface area contributed by atoms with Crippen LogP contribution in [0.1, 0.15) is 15.9 Å². The molecular weight excluding hydrogens is 328 g/mol. The third kappa shape index (κ3) is 3.23. The van der Waals surface area contributed by atoms with Gasteiger partial charge in [0.2, 0.25) is 0 Å². The highest BCUT2D eigenvalue weighted by Gasteiger charge is 2.24. The van der Waals surface area contributed by atoms with E-state index in [9.17, 15) is 9.59 Å². The number of fused-ring (bicyclic) bond motifs is 1. The molecule has 26 heavy (non-hydrogen) atoms. The van der Waals surface area contributed by atoms with E-state index in [4.69, 9.17) is 0 Å². The number of pyridine rings is 2. The van der Waals surface area contributed by atoms with Crippen molar-refractivity contribution in [3.8, 4) is 0 Å². The smallest absolute Gasteiger partial charge is 0.260 e. The Hall–Kier alpha value is -2.99. The van der Waals surface area contributed by atoms with Crippen LogP contribution in [-0.2, 0) is 6.54 Å². The molecule has 1 N–H and O–H groups in total. The Balaban J connectivity index is 1.43. The first kappa shape index (κ1) is 16.5. The summed E-state index contributed by atoms with van der Waals surface area (Å²) < 4.78 is 0. The van der Waals surface area contributed by atoms with Crippen LogP contribution in [0.3, 0.4) is 0 Å². The third-order valence-corrected chi connectivity index (χ3v) is 4.82. The van der Waals surface area contributed by atoms with Crippen LogP contribution in [0.25, 0.3) is 10.9 Å². The Morgan fingerprint density at radius 1 is 1.04 bits per heavy atom. The molecule has 1 saturated heterocycles. The van der Waals surface area contributed by atoms with E-state index in [1.165, 1.54) is 11.8 Å². The average Bonchev–Trinajstić information content (AvgIpc) is 2.69. The van der Waals surface area contributed by atoms with Crippen LogP contribution in [0, 0.1) is 0 Å². The van der Waals surface area contributed by atoms with Gasteiger partial charge in [0.1, 0.15) is 5.56 Å². The highest BCUT2D eigenvalue weighted by Crippen LogP contribution is 2.18. The van der Waals surface area contributed by atoms with Crippen molar-refractivity contribution in [3.05, 3.63) is 76.3 Å². The summed E-state index contributed by atoms with van der Waals surface area (Å²) in [6, 6.07) is 13.5. The molecule has 1 amide bonds. The van der Waals surface area contributed by atoms with Crippen LogP contribution in [-0.4, -0.2) is 51.9 Å². The number of amides is 1. The maximum atomic E-state index is 12.5. The van der Waals surface area contributed by atoms with Crippen molar-refractivity contribution in [3.63, 3.8) is 0 Å². The Morgan fingerprint density at radius 2 is 1.85 bits per heavy atom. The van der Waals surface area contributed by atoms with Gasteiger partial charge in [-0.2, -0.15) is 0 Å². The molecule has 0 spiro atoms. The lowest BCUT2D eigenvalue weighted by Crippen LogP contribution is -2.49.